The minimum Gasteiger partial charge on any atom is -0.300 e. The predicted octanol–water partition coefficient (Wildman–Crippen LogP) is 4.15. The molecule has 0 saturated carbocycles. The van der Waals surface area contributed by atoms with Crippen LogP contribution in [0.3, 0.4) is 0 Å². The molecule has 0 fully saturated rings. The van der Waals surface area contributed by atoms with Gasteiger partial charge < -0.3 is 0 Å². The number of Topliss-reactive ketones (excluding diaryl/α,β-unsaturated/α-hetero) is 1. The molecule has 4 aromatic rings. The summed E-state index contributed by atoms with van der Waals surface area (Å²) in [4.78, 5) is 39.2. The normalized spacial score (nSPS) is 13.5. The summed E-state index contributed by atoms with van der Waals surface area (Å²) in [6.07, 6.45) is 2.47. The molecule has 0 bridgehead atoms. The van der Waals surface area contributed by atoms with E-state index in [0.717, 1.165) is 33.7 Å². The second-order valence-electron chi connectivity index (χ2n) is 7.88. The fourth-order valence-electron chi connectivity index (χ4n) is 3.99. The smallest absolute Gasteiger partial charge is 0.299 e. The third-order valence-electron chi connectivity index (χ3n) is 5.58. The molecule has 1 aromatic heterocycles. The molecular weight excluding hydrogens is 484 g/mol. The topological polar surface area (TPSA) is 101 Å². The number of benzene rings is 3. The van der Waals surface area contributed by atoms with E-state index < -0.39 is 27.6 Å². The van der Waals surface area contributed by atoms with E-state index in [-0.39, 0.29) is 16.3 Å². The first-order valence-electron chi connectivity index (χ1n) is 10.6. The van der Waals surface area contributed by atoms with E-state index in [0.29, 0.717) is 11.3 Å². The monoisotopic (exact) mass is 502 g/mol. The van der Waals surface area contributed by atoms with Crippen molar-refractivity contribution in [3.05, 3.63) is 101 Å². The molecule has 0 saturated heterocycles. The summed E-state index contributed by atoms with van der Waals surface area (Å²) < 4.78 is 26.6. The van der Waals surface area contributed by atoms with Crippen molar-refractivity contribution in [3.8, 4) is 0 Å². The number of thiophene rings is 1. The minimum atomic E-state index is -3.97. The van der Waals surface area contributed by atoms with Crippen LogP contribution in [-0.2, 0) is 26.2 Å². The molecule has 1 N–H and O–H groups in total. The van der Waals surface area contributed by atoms with E-state index in [4.69, 9.17) is 0 Å². The second kappa shape index (κ2) is 8.94. The van der Waals surface area contributed by atoms with Gasteiger partial charge in [-0.15, -0.1) is 11.3 Å². The minimum absolute atomic E-state index is 0.0256. The van der Waals surface area contributed by atoms with Crippen LogP contribution in [0.4, 0.5) is 5.69 Å². The van der Waals surface area contributed by atoms with Crippen molar-refractivity contribution in [2.75, 3.05) is 4.90 Å². The first-order valence-corrected chi connectivity index (χ1v) is 12.9. The molecule has 3 aromatic carbocycles. The lowest BCUT2D eigenvalue weighted by Crippen LogP contribution is -2.29. The molecule has 7 nitrogen and oxygen atoms in total. The molecule has 0 unspecified atom stereocenters. The number of nitrogens with one attached hydrogen (secondary N) is 1. The highest BCUT2D eigenvalue weighted by Gasteiger charge is 2.37. The van der Waals surface area contributed by atoms with E-state index >= 15 is 0 Å². The van der Waals surface area contributed by atoms with Gasteiger partial charge in [-0.1, -0.05) is 54.6 Å². The maximum Gasteiger partial charge on any atom is 0.299 e. The third-order valence-corrected chi connectivity index (χ3v) is 8.33. The van der Waals surface area contributed by atoms with Gasteiger partial charge in [-0.05, 0) is 51.6 Å². The number of carbonyl (C=O) groups is 3. The predicted molar refractivity (Wildman–Crippen MR) is 135 cm³/mol. The van der Waals surface area contributed by atoms with Crippen molar-refractivity contribution in [2.24, 2.45) is 0 Å². The molecule has 5 rings (SSSR count). The fraction of sp³-hybridized carbons (Fsp3) is 0.0385. The van der Waals surface area contributed by atoms with Crippen molar-refractivity contribution in [1.29, 1.82) is 0 Å². The van der Waals surface area contributed by atoms with Crippen LogP contribution in [0, 0.1) is 0 Å². The highest BCUT2D eigenvalue weighted by atomic mass is 32.2. The van der Waals surface area contributed by atoms with Crippen molar-refractivity contribution < 1.29 is 22.8 Å². The molecule has 1 aliphatic rings. The van der Waals surface area contributed by atoms with Crippen LogP contribution in [0.2, 0.25) is 0 Å². The maximum atomic E-state index is 12.8. The number of para-hydroxylation sites is 1. The summed E-state index contributed by atoms with van der Waals surface area (Å²) in [5.74, 6) is -2.12. The summed E-state index contributed by atoms with van der Waals surface area (Å²) in [5, 5.41) is 3.67. The van der Waals surface area contributed by atoms with E-state index in [9.17, 15) is 22.8 Å². The molecular formula is C26H18N2O5S2. The van der Waals surface area contributed by atoms with Gasteiger partial charge in [0, 0.05) is 6.08 Å². The average Bonchev–Trinajstić information content (AvgIpc) is 3.48. The van der Waals surface area contributed by atoms with Crippen molar-refractivity contribution in [3.63, 3.8) is 0 Å². The highest BCUT2D eigenvalue weighted by molar-refractivity contribution is 7.92. The van der Waals surface area contributed by atoms with Crippen molar-refractivity contribution >= 4 is 61.5 Å². The van der Waals surface area contributed by atoms with Crippen LogP contribution in [0.1, 0.15) is 21.5 Å². The zero-order valence-electron chi connectivity index (χ0n) is 18.2. The zero-order valence-corrected chi connectivity index (χ0v) is 19.8. The number of fused-ring (bicyclic) bond motifs is 2. The lowest BCUT2D eigenvalue weighted by atomic mass is 10.0. The van der Waals surface area contributed by atoms with Gasteiger partial charge in [-0.2, -0.15) is 0 Å². The van der Waals surface area contributed by atoms with E-state index in [1.165, 1.54) is 17.0 Å². The van der Waals surface area contributed by atoms with Crippen LogP contribution in [0.15, 0.2) is 88.5 Å². The fourth-order valence-corrected chi connectivity index (χ4v) is 5.93. The second-order valence-corrected chi connectivity index (χ2v) is 10.7. The Morgan fingerprint density at radius 3 is 2.51 bits per heavy atom. The summed E-state index contributed by atoms with van der Waals surface area (Å²) in [7, 11) is -3.97. The van der Waals surface area contributed by atoms with Crippen molar-refractivity contribution in [1.82, 2.24) is 4.72 Å². The number of rotatable bonds is 6. The number of amides is 2. The number of anilines is 1. The molecule has 2 amide bonds. The van der Waals surface area contributed by atoms with E-state index in [2.05, 4.69) is 0 Å². The maximum absolute atomic E-state index is 12.8. The van der Waals surface area contributed by atoms with Crippen LogP contribution < -0.4 is 9.62 Å². The number of ketones is 1. The number of nitrogens with zero attached hydrogens (tertiary/aromatic N) is 1. The van der Waals surface area contributed by atoms with E-state index in [1.54, 1.807) is 29.6 Å². The van der Waals surface area contributed by atoms with Crippen molar-refractivity contribution in [2.45, 2.75) is 10.8 Å². The van der Waals surface area contributed by atoms with Gasteiger partial charge in [-0.3, -0.25) is 19.3 Å². The van der Waals surface area contributed by atoms with Gasteiger partial charge in [0.25, 0.3) is 27.6 Å². The molecule has 1 aliphatic heterocycles. The molecule has 0 spiro atoms. The lowest BCUT2D eigenvalue weighted by Gasteiger charge is -2.19. The summed E-state index contributed by atoms with van der Waals surface area (Å²) in [5.41, 5.74) is 1.92. The van der Waals surface area contributed by atoms with Gasteiger partial charge in [0.05, 0.1) is 17.8 Å². The third kappa shape index (κ3) is 4.39. The molecule has 0 atom stereocenters. The summed E-state index contributed by atoms with van der Waals surface area (Å²) >= 11 is 0.996. The molecule has 0 aliphatic carbocycles. The first-order chi connectivity index (χ1) is 16.8. The van der Waals surface area contributed by atoms with Crippen LogP contribution in [-0.4, -0.2) is 26.0 Å². The number of sulfonamides is 1. The Balaban J connectivity index is 1.44. The van der Waals surface area contributed by atoms with Gasteiger partial charge in [-0.25, -0.2) is 13.1 Å². The summed E-state index contributed by atoms with van der Waals surface area (Å²) in [6.45, 7) is 0.173. The molecule has 174 valence electrons. The van der Waals surface area contributed by atoms with Gasteiger partial charge in [0.2, 0.25) is 0 Å². The van der Waals surface area contributed by atoms with Crippen LogP contribution in [0.25, 0.3) is 16.8 Å². The molecule has 0 radical (unpaired) electrons. The summed E-state index contributed by atoms with van der Waals surface area (Å²) in [6, 6.07) is 21.5. The van der Waals surface area contributed by atoms with E-state index in [1.807, 2.05) is 47.2 Å². The molecule has 9 heteroatoms. The quantitative estimate of drug-likeness (QED) is 0.315. The largest absolute Gasteiger partial charge is 0.300 e. The Labute approximate surface area is 205 Å². The van der Waals surface area contributed by atoms with Gasteiger partial charge >= 0.3 is 0 Å². The Hall–Kier alpha value is -4.08. The number of hydrogen-bond donors (Lipinski definition) is 1. The van der Waals surface area contributed by atoms with Crippen LogP contribution >= 0.6 is 11.3 Å². The Morgan fingerprint density at radius 2 is 1.74 bits per heavy atom. The Kier molecular flexibility index (Phi) is 5.80. The molecule has 2 heterocycles. The van der Waals surface area contributed by atoms with Crippen LogP contribution in [0.5, 0.6) is 0 Å². The lowest BCUT2D eigenvalue weighted by molar-refractivity contribution is -0.115. The zero-order chi connectivity index (χ0) is 24.6. The Morgan fingerprint density at radius 1 is 0.943 bits per heavy atom. The number of hydrogen-bond acceptors (Lipinski definition) is 6. The Bertz CT molecular complexity index is 1620. The average molecular weight is 503 g/mol. The highest BCUT2D eigenvalue weighted by Crippen LogP contribution is 2.35. The molecule has 35 heavy (non-hydrogen) atoms. The number of carbonyl (C=O) groups excluding carboxylic acids is 3. The standard InChI is InChI=1S/C26H18N2O5S2/c29-22(27-35(32,33)23-9-4-14-34-23)13-12-19-7-3-8-21-24(19)28(26(31)25(21)30)16-17-10-11-18-5-1-2-6-20(18)15-17/h1-15H,16H2,(H,27,29)/b13-12+. The van der Waals surface area contributed by atoms with Gasteiger partial charge in [0.1, 0.15) is 4.21 Å². The SMILES string of the molecule is O=C(/C=C/c1cccc2c1N(Cc1ccc3ccccc3c1)C(=O)C2=O)NS(=O)(=O)c1cccs1. The first kappa shape index (κ1) is 22.7. The van der Waals surface area contributed by atoms with Gasteiger partial charge in [0.15, 0.2) is 0 Å².